The third-order valence-electron chi connectivity index (χ3n) is 1.45. The molecule has 0 saturated carbocycles. The van der Waals surface area contributed by atoms with Gasteiger partial charge in [-0.15, -0.1) is 5.16 Å². The van der Waals surface area contributed by atoms with Crippen molar-refractivity contribution >= 4 is 6.72 Å². The summed E-state index contributed by atoms with van der Waals surface area (Å²) in [5, 5.41) is 3.35. The SMILES string of the molecule is C=NOC(C)C(C)(C)C. The summed E-state index contributed by atoms with van der Waals surface area (Å²) in [5.41, 5.74) is 0.154. The van der Waals surface area contributed by atoms with E-state index >= 15 is 0 Å². The van der Waals surface area contributed by atoms with Gasteiger partial charge in [-0.2, -0.15) is 0 Å². The molecule has 0 amide bonds. The monoisotopic (exact) mass is 129 g/mol. The van der Waals surface area contributed by atoms with Crippen LogP contribution in [0.1, 0.15) is 27.7 Å². The van der Waals surface area contributed by atoms with Crippen molar-refractivity contribution in [1.29, 1.82) is 0 Å². The van der Waals surface area contributed by atoms with Crippen LogP contribution in [0.2, 0.25) is 0 Å². The molecule has 0 bridgehead atoms. The summed E-state index contributed by atoms with van der Waals surface area (Å²) >= 11 is 0. The second-order valence-corrected chi connectivity index (χ2v) is 3.24. The van der Waals surface area contributed by atoms with Crippen LogP contribution in [0.25, 0.3) is 0 Å². The smallest absolute Gasteiger partial charge is 0.129 e. The van der Waals surface area contributed by atoms with Gasteiger partial charge in [0.05, 0.1) is 0 Å². The highest BCUT2D eigenvalue weighted by Gasteiger charge is 2.20. The Morgan fingerprint density at radius 2 is 1.89 bits per heavy atom. The third kappa shape index (κ3) is 3.12. The lowest BCUT2D eigenvalue weighted by molar-refractivity contribution is 0.0000169. The van der Waals surface area contributed by atoms with Crippen molar-refractivity contribution in [3.63, 3.8) is 0 Å². The van der Waals surface area contributed by atoms with E-state index < -0.39 is 0 Å². The molecule has 0 heterocycles. The van der Waals surface area contributed by atoms with Gasteiger partial charge in [-0.3, -0.25) is 0 Å². The Morgan fingerprint density at radius 1 is 1.44 bits per heavy atom. The Labute approximate surface area is 56.9 Å². The first-order valence-electron chi connectivity index (χ1n) is 3.10. The number of oxime groups is 1. The average molecular weight is 129 g/mol. The maximum Gasteiger partial charge on any atom is 0.129 e. The van der Waals surface area contributed by atoms with E-state index in [-0.39, 0.29) is 11.5 Å². The fraction of sp³-hybridized carbons (Fsp3) is 0.857. The lowest BCUT2D eigenvalue weighted by Crippen LogP contribution is -2.23. The number of hydrogen-bond donors (Lipinski definition) is 0. The molecule has 0 radical (unpaired) electrons. The Bertz CT molecular complexity index is 93.6. The van der Waals surface area contributed by atoms with E-state index in [2.05, 4.69) is 32.6 Å². The van der Waals surface area contributed by atoms with Crippen molar-refractivity contribution in [3.8, 4) is 0 Å². The molecule has 9 heavy (non-hydrogen) atoms. The minimum Gasteiger partial charge on any atom is -0.393 e. The molecule has 0 aromatic heterocycles. The summed E-state index contributed by atoms with van der Waals surface area (Å²) in [4.78, 5) is 4.92. The van der Waals surface area contributed by atoms with E-state index in [1.54, 1.807) is 0 Å². The van der Waals surface area contributed by atoms with Crippen LogP contribution < -0.4 is 0 Å². The van der Waals surface area contributed by atoms with Gasteiger partial charge in [-0.25, -0.2) is 0 Å². The maximum atomic E-state index is 4.92. The van der Waals surface area contributed by atoms with Gasteiger partial charge in [-0.1, -0.05) is 20.8 Å². The van der Waals surface area contributed by atoms with Crippen LogP contribution in [0, 0.1) is 5.41 Å². The molecule has 0 saturated heterocycles. The van der Waals surface area contributed by atoms with Crippen LogP contribution in [0.3, 0.4) is 0 Å². The molecule has 2 nitrogen and oxygen atoms in total. The van der Waals surface area contributed by atoms with Crippen LogP contribution in [0.4, 0.5) is 0 Å². The van der Waals surface area contributed by atoms with Gasteiger partial charge in [0.15, 0.2) is 0 Å². The molecule has 0 spiro atoms. The van der Waals surface area contributed by atoms with Gasteiger partial charge in [0.25, 0.3) is 0 Å². The van der Waals surface area contributed by atoms with Crippen molar-refractivity contribution in [3.05, 3.63) is 0 Å². The summed E-state index contributed by atoms with van der Waals surface area (Å²) in [6.07, 6.45) is 0.134. The van der Waals surface area contributed by atoms with E-state index in [4.69, 9.17) is 4.84 Å². The minimum absolute atomic E-state index is 0.134. The Balaban J connectivity index is 3.72. The maximum absolute atomic E-state index is 4.92. The van der Waals surface area contributed by atoms with E-state index in [1.807, 2.05) is 6.92 Å². The second kappa shape index (κ2) is 2.85. The summed E-state index contributed by atoms with van der Waals surface area (Å²) in [6, 6.07) is 0. The zero-order chi connectivity index (χ0) is 7.49. The van der Waals surface area contributed by atoms with E-state index in [0.29, 0.717) is 0 Å². The Morgan fingerprint density at radius 3 is 2.00 bits per heavy atom. The highest BCUT2D eigenvalue weighted by Crippen LogP contribution is 2.21. The zero-order valence-corrected chi connectivity index (χ0v) is 6.64. The minimum atomic E-state index is 0.134. The molecule has 0 aromatic carbocycles. The van der Waals surface area contributed by atoms with Gasteiger partial charge >= 0.3 is 0 Å². The first kappa shape index (κ1) is 8.47. The molecule has 1 atom stereocenters. The molecule has 1 unspecified atom stereocenters. The van der Waals surface area contributed by atoms with Gasteiger partial charge in [0.1, 0.15) is 6.10 Å². The predicted molar refractivity (Wildman–Crippen MR) is 39.6 cm³/mol. The molecular formula is C7H15NO. The predicted octanol–water partition coefficient (Wildman–Crippen LogP) is 2.05. The molecular weight excluding hydrogens is 114 g/mol. The van der Waals surface area contributed by atoms with Crippen molar-refractivity contribution in [2.75, 3.05) is 0 Å². The van der Waals surface area contributed by atoms with Crippen LogP contribution in [0.5, 0.6) is 0 Å². The molecule has 0 aromatic rings. The first-order valence-corrected chi connectivity index (χ1v) is 3.10. The largest absolute Gasteiger partial charge is 0.393 e. The molecule has 2 heteroatoms. The van der Waals surface area contributed by atoms with Gasteiger partial charge in [0.2, 0.25) is 0 Å². The lowest BCUT2D eigenvalue weighted by Gasteiger charge is -2.24. The standard InChI is InChI=1S/C7H15NO/c1-6(9-8-5)7(2,3)4/h6H,5H2,1-4H3. The van der Waals surface area contributed by atoms with E-state index in [1.165, 1.54) is 0 Å². The van der Waals surface area contributed by atoms with Crippen molar-refractivity contribution in [1.82, 2.24) is 0 Å². The molecule has 0 fully saturated rings. The topological polar surface area (TPSA) is 21.6 Å². The summed E-state index contributed by atoms with van der Waals surface area (Å²) in [6.45, 7) is 11.5. The van der Waals surface area contributed by atoms with Gasteiger partial charge in [-0.05, 0) is 6.92 Å². The van der Waals surface area contributed by atoms with Gasteiger partial charge < -0.3 is 4.84 Å². The number of rotatable bonds is 2. The van der Waals surface area contributed by atoms with Gasteiger partial charge in [0, 0.05) is 12.1 Å². The zero-order valence-electron chi connectivity index (χ0n) is 6.64. The summed E-state index contributed by atoms with van der Waals surface area (Å²) < 4.78 is 0. The van der Waals surface area contributed by atoms with Crippen LogP contribution in [0.15, 0.2) is 5.16 Å². The van der Waals surface area contributed by atoms with E-state index in [9.17, 15) is 0 Å². The van der Waals surface area contributed by atoms with E-state index in [0.717, 1.165) is 0 Å². The number of nitrogens with zero attached hydrogens (tertiary/aromatic N) is 1. The normalized spacial score (nSPS) is 14.7. The fourth-order valence-corrected chi connectivity index (χ4v) is 0.270. The third-order valence-corrected chi connectivity index (χ3v) is 1.45. The first-order chi connectivity index (χ1) is 3.98. The second-order valence-electron chi connectivity index (χ2n) is 3.24. The molecule has 0 rings (SSSR count). The molecule has 0 aliphatic rings. The van der Waals surface area contributed by atoms with Crippen LogP contribution >= 0.6 is 0 Å². The Hall–Kier alpha value is -0.530. The summed E-state index contributed by atoms with van der Waals surface area (Å²) in [7, 11) is 0. The quantitative estimate of drug-likeness (QED) is 0.413. The Kier molecular flexibility index (Phi) is 2.68. The van der Waals surface area contributed by atoms with Crippen molar-refractivity contribution < 1.29 is 4.84 Å². The van der Waals surface area contributed by atoms with Crippen molar-refractivity contribution in [2.24, 2.45) is 10.6 Å². The molecule has 54 valence electrons. The molecule has 0 aliphatic carbocycles. The molecule has 0 aliphatic heterocycles. The highest BCUT2D eigenvalue weighted by atomic mass is 16.6. The number of hydrogen-bond acceptors (Lipinski definition) is 2. The van der Waals surface area contributed by atoms with Crippen molar-refractivity contribution in [2.45, 2.75) is 33.8 Å². The van der Waals surface area contributed by atoms with Crippen LogP contribution in [-0.4, -0.2) is 12.8 Å². The molecule has 0 N–H and O–H groups in total. The lowest BCUT2D eigenvalue weighted by atomic mass is 9.90. The highest BCUT2D eigenvalue weighted by molar-refractivity contribution is 5.21. The van der Waals surface area contributed by atoms with Crippen LogP contribution in [-0.2, 0) is 4.84 Å². The summed E-state index contributed by atoms with van der Waals surface area (Å²) in [5.74, 6) is 0. The average Bonchev–Trinajstić information content (AvgIpc) is 1.64. The fourth-order valence-electron chi connectivity index (χ4n) is 0.270.